The smallest absolute Gasteiger partial charge is 0.531 e. The van der Waals surface area contributed by atoms with Gasteiger partial charge in [0.1, 0.15) is 17.2 Å². The average molecular weight is 413 g/mol. The van der Waals surface area contributed by atoms with Crippen LogP contribution in [0.1, 0.15) is 18.4 Å². The number of hydrogen-bond donors (Lipinski definition) is 3. The van der Waals surface area contributed by atoms with E-state index in [4.69, 9.17) is 4.65 Å². The largest absolute Gasteiger partial charge is 0.552 e. The van der Waals surface area contributed by atoms with Gasteiger partial charge in [-0.3, -0.25) is 0 Å². The molecule has 1 saturated carbocycles. The number of pyridine rings is 1. The third-order valence-electron chi connectivity index (χ3n) is 5.42. The highest BCUT2D eigenvalue weighted by atomic mass is 32.2. The van der Waals surface area contributed by atoms with Gasteiger partial charge in [-0.05, 0) is 54.6 Å². The van der Waals surface area contributed by atoms with Crippen LogP contribution < -0.4 is 9.38 Å². The van der Waals surface area contributed by atoms with E-state index in [9.17, 15) is 17.8 Å². The van der Waals surface area contributed by atoms with Crippen molar-refractivity contribution in [1.29, 1.82) is 0 Å². The van der Waals surface area contributed by atoms with Crippen molar-refractivity contribution < 1.29 is 22.5 Å². The van der Waals surface area contributed by atoms with E-state index >= 15 is 0 Å². The predicted molar refractivity (Wildman–Crippen MR) is 106 cm³/mol. The van der Waals surface area contributed by atoms with E-state index in [1.165, 1.54) is 18.2 Å². The summed E-state index contributed by atoms with van der Waals surface area (Å²) in [6, 6.07) is 6.58. The second-order valence-corrected chi connectivity index (χ2v) is 9.03. The summed E-state index contributed by atoms with van der Waals surface area (Å²) >= 11 is 0. The Labute approximate surface area is 166 Å². The number of fused-ring (bicyclic) bond motifs is 3. The van der Waals surface area contributed by atoms with Crippen LogP contribution in [0.15, 0.2) is 53.6 Å². The van der Waals surface area contributed by atoms with Crippen LogP contribution in [0.25, 0.3) is 16.6 Å². The molecule has 1 aliphatic heterocycles. The van der Waals surface area contributed by atoms with E-state index in [1.807, 2.05) is 6.07 Å². The highest BCUT2D eigenvalue weighted by Gasteiger charge is 2.39. The summed E-state index contributed by atoms with van der Waals surface area (Å²) in [7, 11) is -4.86. The fraction of sp³-hybridized carbons (Fsp3) is 0.211. The number of aromatic amines is 1. The van der Waals surface area contributed by atoms with Gasteiger partial charge < -0.3 is 14.7 Å². The van der Waals surface area contributed by atoms with E-state index in [0.717, 1.165) is 28.2 Å². The van der Waals surface area contributed by atoms with Gasteiger partial charge in [-0.15, -0.1) is 0 Å². The molecule has 3 aromatic rings. The zero-order valence-corrected chi connectivity index (χ0v) is 16.0. The van der Waals surface area contributed by atoms with Crippen LogP contribution in [0.3, 0.4) is 0 Å². The van der Waals surface area contributed by atoms with Gasteiger partial charge in [-0.2, -0.15) is 0 Å². The quantitative estimate of drug-likeness (QED) is 0.570. The van der Waals surface area contributed by atoms with Crippen LogP contribution in [-0.2, 0) is 10.0 Å². The number of allylic oxidation sites excluding steroid dienone is 1. The molecule has 1 fully saturated rings. The van der Waals surface area contributed by atoms with Crippen molar-refractivity contribution in [3.8, 4) is 5.75 Å². The van der Waals surface area contributed by atoms with Gasteiger partial charge in [-0.1, -0.05) is 6.07 Å². The molecule has 0 spiro atoms. The van der Waals surface area contributed by atoms with Crippen LogP contribution in [0.5, 0.6) is 5.75 Å². The fourth-order valence-corrected chi connectivity index (χ4v) is 5.30. The summed E-state index contributed by atoms with van der Waals surface area (Å²) in [6.07, 6.45) is 4.51. The van der Waals surface area contributed by atoms with Crippen molar-refractivity contribution in [3.63, 3.8) is 0 Å². The molecule has 148 valence electrons. The first kappa shape index (κ1) is 18.4. The summed E-state index contributed by atoms with van der Waals surface area (Å²) in [6.45, 7) is 0. The third-order valence-corrected chi connectivity index (χ3v) is 6.93. The van der Waals surface area contributed by atoms with Crippen LogP contribution in [-0.4, -0.2) is 36.6 Å². The molecule has 3 N–H and O–H groups in total. The first-order chi connectivity index (χ1) is 13.9. The molecule has 5 rings (SSSR count). The second-order valence-electron chi connectivity index (χ2n) is 7.31. The molecule has 0 bridgehead atoms. The van der Waals surface area contributed by atoms with Crippen LogP contribution in [0, 0.1) is 11.7 Å². The first-order valence-electron chi connectivity index (χ1n) is 9.21. The Balaban J connectivity index is 1.37. The molecule has 0 atom stereocenters. The maximum Gasteiger partial charge on any atom is 0.552 e. The number of nitrogens with one attached hydrogen (secondary N) is 2. The lowest BCUT2D eigenvalue weighted by atomic mass is 9.68. The minimum absolute atomic E-state index is 0.0630. The predicted octanol–water partition coefficient (Wildman–Crippen LogP) is 2.25. The van der Waals surface area contributed by atoms with E-state index in [0.29, 0.717) is 18.6 Å². The van der Waals surface area contributed by atoms with Crippen molar-refractivity contribution in [2.45, 2.75) is 23.8 Å². The Morgan fingerprint density at radius 2 is 2.14 bits per heavy atom. The van der Waals surface area contributed by atoms with Gasteiger partial charge in [-0.25, -0.2) is 22.5 Å². The second kappa shape index (κ2) is 6.69. The number of aromatic nitrogens is 2. The highest BCUT2D eigenvalue weighted by molar-refractivity contribution is 7.89. The molecular weight excluding hydrogens is 396 g/mol. The Morgan fingerprint density at radius 1 is 1.31 bits per heavy atom. The number of nitrogens with zero attached hydrogens (tertiary/aromatic N) is 1. The number of hydrogen-bond acceptors (Lipinski definition) is 5. The van der Waals surface area contributed by atoms with E-state index in [-0.39, 0.29) is 16.9 Å². The Kier molecular flexibility index (Phi) is 4.23. The third kappa shape index (κ3) is 3.23. The molecular formula is C19H17BFN3O4S. The fourth-order valence-electron chi connectivity index (χ4n) is 4.01. The minimum atomic E-state index is -3.79. The molecule has 0 unspecified atom stereocenters. The topological polar surface area (TPSA) is 104 Å². The van der Waals surface area contributed by atoms with Crippen molar-refractivity contribution in [1.82, 2.24) is 14.7 Å². The van der Waals surface area contributed by atoms with E-state index in [2.05, 4.69) is 14.7 Å². The number of H-pyrrole nitrogens is 1. The molecule has 0 saturated heterocycles. The summed E-state index contributed by atoms with van der Waals surface area (Å²) in [5.41, 5.74) is 2.52. The Bertz CT molecular complexity index is 1240. The van der Waals surface area contributed by atoms with Gasteiger partial charge in [0.05, 0.1) is 11.1 Å². The van der Waals surface area contributed by atoms with Crippen molar-refractivity contribution in [2.75, 3.05) is 0 Å². The van der Waals surface area contributed by atoms with Gasteiger partial charge in [0.15, 0.2) is 0 Å². The molecule has 29 heavy (non-hydrogen) atoms. The molecule has 0 amide bonds. The normalized spacial score (nSPS) is 21.3. The lowest BCUT2D eigenvalue weighted by Crippen LogP contribution is -2.45. The lowest BCUT2D eigenvalue weighted by Gasteiger charge is -2.39. The van der Waals surface area contributed by atoms with Gasteiger partial charge in [0, 0.05) is 23.2 Å². The standard InChI is InChI=1S/C19H17BFN3O4S/c21-12-2-1-3-14(8-12)29(26,27)24-13-6-11(7-13)16-9-20(25)28-17-10-23-19-15(18(16)17)4-5-22-19/h1-5,8-11,13,24-25H,6-7H2,(H,22,23). The maximum absolute atomic E-state index is 13.4. The number of rotatable bonds is 4. The summed E-state index contributed by atoms with van der Waals surface area (Å²) in [5, 5.41) is 11.0. The zero-order chi connectivity index (χ0) is 20.2. The molecule has 0 radical (unpaired) electrons. The van der Waals surface area contributed by atoms with Gasteiger partial charge in [0.2, 0.25) is 10.0 Å². The molecule has 3 heterocycles. The molecule has 1 aliphatic carbocycles. The lowest BCUT2D eigenvalue weighted by molar-refractivity contribution is 0.308. The SMILES string of the molecule is O=S(=O)(NC1CC(C2=CB(O)Oc3cnc4[nH]ccc4c32)C1)c1cccc(F)c1. The number of benzene rings is 1. The Morgan fingerprint density at radius 3 is 2.93 bits per heavy atom. The number of sulfonamides is 1. The molecule has 2 aliphatic rings. The highest BCUT2D eigenvalue weighted by Crippen LogP contribution is 2.46. The van der Waals surface area contributed by atoms with E-state index < -0.39 is 23.0 Å². The summed E-state index contributed by atoms with van der Waals surface area (Å²) < 4.78 is 46.5. The van der Waals surface area contributed by atoms with E-state index in [1.54, 1.807) is 18.4 Å². The van der Waals surface area contributed by atoms with Crippen molar-refractivity contribution in [2.24, 2.45) is 5.92 Å². The molecule has 10 heteroatoms. The average Bonchev–Trinajstić information content (AvgIpc) is 3.12. The van der Waals surface area contributed by atoms with Crippen molar-refractivity contribution in [3.05, 3.63) is 60.1 Å². The molecule has 2 aromatic heterocycles. The minimum Gasteiger partial charge on any atom is -0.531 e. The number of halogens is 1. The zero-order valence-electron chi connectivity index (χ0n) is 15.2. The summed E-state index contributed by atoms with van der Waals surface area (Å²) in [5.74, 6) is 1.64. The first-order valence-corrected chi connectivity index (χ1v) is 10.7. The maximum atomic E-state index is 13.4. The molecule has 1 aromatic carbocycles. The molecule has 7 nitrogen and oxygen atoms in total. The van der Waals surface area contributed by atoms with Crippen LogP contribution >= 0.6 is 0 Å². The van der Waals surface area contributed by atoms with Gasteiger partial charge >= 0.3 is 7.12 Å². The van der Waals surface area contributed by atoms with Crippen molar-refractivity contribution >= 4 is 33.7 Å². The summed E-state index contributed by atoms with van der Waals surface area (Å²) in [4.78, 5) is 7.26. The van der Waals surface area contributed by atoms with Crippen LogP contribution in [0.4, 0.5) is 4.39 Å². The Hall–Kier alpha value is -2.69. The van der Waals surface area contributed by atoms with Crippen LogP contribution in [0.2, 0.25) is 0 Å². The monoisotopic (exact) mass is 413 g/mol. The van der Waals surface area contributed by atoms with Gasteiger partial charge in [0.25, 0.3) is 0 Å².